The van der Waals surface area contributed by atoms with Crippen molar-refractivity contribution in [3.63, 3.8) is 0 Å². The fraction of sp³-hybridized carbons (Fsp3) is 0.235. The fourth-order valence-electron chi connectivity index (χ4n) is 2.02. The Morgan fingerprint density at radius 3 is 2.46 bits per heavy atom. The molecule has 0 aliphatic carbocycles. The Morgan fingerprint density at radius 2 is 1.79 bits per heavy atom. The molecule has 0 spiro atoms. The van der Waals surface area contributed by atoms with Gasteiger partial charge in [0, 0.05) is 5.02 Å². The summed E-state index contributed by atoms with van der Waals surface area (Å²) < 4.78 is 31.9. The molecule has 0 atom stereocenters. The second-order valence-corrected chi connectivity index (χ2v) is 7.55. The standard InChI is InChI=1S/C17H18ClNO4S/c1-12-3-4-13(2)16(9-12)24(21,22)19-10-17(20)23-11-14-5-7-15(18)8-6-14/h3-9,19H,10-11H2,1-2H3. The largest absolute Gasteiger partial charge is 0.460 e. The van der Waals surface area contributed by atoms with Crippen molar-refractivity contribution >= 4 is 27.6 Å². The molecule has 0 aromatic heterocycles. The normalized spacial score (nSPS) is 11.3. The van der Waals surface area contributed by atoms with Crippen LogP contribution in [0.4, 0.5) is 0 Å². The van der Waals surface area contributed by atoms with Gasteiger partial charge in [0.25, 0.3) is 0 Å². The number of benzene rings is 2. The van der Waals surface area contributed by atoms with Gasteiger partial charge in [0.05, 0.1) is 4.90 Å². The van der Waals surface area contributed by atoms with Crippen molar-refractivity contribution in [1.82, 2.24) is 4.72 Å². The number of rotatable bonds is 6. The molecule has 5 nitrogen and oxygen atoms in total. The number of sulfonamides is 1. The fourth-order valence-corrected chi connectivity index (χ4v) is 3.45. The van der Waals surface area contributed by atoms with Crippen LogP contribution in [0, 0.1) is 13.8 Å². The molecule has 2 rings (SSSR count). The molecule has 128 valence electrons. The number of aryl methyl sites for hydroxylation is 2. The molecule has 0 aliphatic heterocycles. The molecule has 0 unspecified atom stereocenters. The maximum atomic E-state index is 12.3. The average molecular weight is 368 g/mol. The smallest absolute Gasteiger partial charge is 0.321 e. The van der Waals surface area contributed by atoms with Crippen molar-refractivity contribution in [1.29, 1.82) is 0 Å². The lowest BCUT2D eigenvalue weighted by molar-refractivity contribution is -0.143. The van der Waals surface area contributed by atoms with Crippen molar-refractivity contribution in [2.75, 3.05) is 6.54 Å². The number of hydrogen-bond acceptors (Lipinski definition) is 4. The number of carbonyl (C=O) groups excluding carboxylic acids is 1. The lowest BCUT2D eigenvalue weighted by atomic mass is 10.2. The van der Waals surface area contributed by atoms with Crippen molar-refractivity contribution in [3.05, 3.63) is 64.2 Å². The van der Waals surface area contributed by atoms with E-state index in [0.717, 1.165) is 11.1 Å². The Morgan fingerprint density at radius 1 is 1.12 bits per heavy atom. The van der Waals surface area contributed by atoms with Gasteiger partial charge < -0.3 is 4.74 Å². The van der Waals surface area contributed by atoms with Crippen LogP contribution in [-0.2, 0) is 26.2 Å². The van der Waals surface area contributed by atoms with Gasteiger partial charge in [-0.25, -0.2) is 8.42 Å². The van der Waals surface area contributed by atoms with Gasteiger partial charge in [0.1, 0.15) is 13.2 Å². The maximum Gasteiger partial charge on any atom is 0.321 e. The van der Waals surface area contributed by atoms with Crippen LogP contribution in [0.3, 0.4) is 0 Å². The van der Waals surface area contributed by atoms with E-state index in [1.807, 2.05) is 6.07 Å². The van der Waals surface area contributed by atoms with E-state index in [4.69, 9.17) is 16.3 Å². The summed E-state index contributed by atoms with van der Waals surface area (Å²) in [5.74, 6) is -0.654. The molecule has 0 aliphatic rings. The van der Waals surface area contributed by atoms with Crippen LogP contribution in [0.15, 0.2) is 47.4 Å². The second-order valence-electron chi connectivity index (χ2n) is 5.38. The predicted octanol–water partition coefficient (Wildman–Crippen LogP) is 2.98. The molecule has 0 fully saturated rings. The van der Waals surface area contributed by atoms with E-state index in [9.17, 15) is 13.2 Å². The van der Waals surface area contributed by atoms with Crippen molar-refractivity contribution in [2.24, 2.45) is 0 Å². The maximum absolute atomic E-state index is 12.3. The van der Waals surface area contributed by atoms with E-state index >= 15 is 0 Å². The summed E-state index contributed by atoms with van der Waals surface area (Å²) in [7, 11) is -3.77. The Kier molecular flexibility index (Phi) is 5.99. The van der Waals surface area contributed by atoms with E-state index in [-0.39, 0.29) is 11.5 Å². The number of halogens is 1. The number of hydrogen-bond donors (Lipinski definition) is 1. The van der Waals surface area contributed by atoms with Crippen molar-refractivity contribution < 1.29 is 17.9 Å². The molecule has 1 N–H and O–H groups in total. The summed E-state index contributed by atoms with van der Waals surface area (Å²) >= 11 is 5.77. The molecular weight excluding hydrogens is 350 g/mol. The molecule has 0 radical (unpaired) electrons. The minimum Gasteiger partial charge on any atom is -0.460 e. The molecule has 0 amide bonds. The quantitative estimate of drug-likeness (QED) is 0.796. The minimum atomic E-state index is -3.77. The summed E-state index contributed by atoms with van der Waals surface area (Å²) in [6.07, 6.45) is 0. The Labute approximate surface area is 146 Å². The van der Waals surface area contributed by atoms with E-state index in [1.54, 1.807) is 50.2 Å². The summed E-state index contributed by atoms with van der Waals surface area (Å²) in [5.41, 5.74) is 2.21. The van der Waals surface area contributed by atoms with E-state index < -0.39 is 22.5 Å². The van der Waals surface area contributed by atoms with Gasteiger partial charge in [-0.1, -0.05) is 35.9 Å². The van der Waals surface area contributed by atoms with Crippen LogP contribution >= 0.6 is 11.6 Å². The molecule has 0 saturated carbocycles. The highest BCUT2D eigenvalue weighted by Gasteiger charge is 2.18. The SMILES string of the molecule is Cc1ccc(C)c(S(=O)(=O)NCC(=O)OCc2ccc(Cl)cc2)c1. The van der Waals surface area contributed by atoms with E-state index in [0.29, 0.717) is 10.6 Å². The third kappa shape index (κ3) is 5.06. The highest BCUT2D eigenvalue weighted by atomic mass is 35.5. The monoisotopic (exact) mass is 367 g/mol. The molecule has 0 saturated heterocycles. The summed E-state index contributed by atoms with van der Waals surface area (Å²) in [6.45, 7) is 3.14. The first kappa shape index (κ1) is 18.4. The number of carbonyl (C=O) groups is 1. The van der Waals surface area contributed by atoms with Gasteiger partial charge in [-0.2, -0.15) is 4.72 Å². The first-order chi connectivity index (χ1) is 11.3. The highest BCUT2D eigenvalue weighted by Crippen LogP contribution is 2.16. The number of esters is 1. The Hall–Kier alpha value is -1.89. The zero-order valence-electron chi connectivity index (χ0n) is 13.4. The van der Waals surface area contributed by atoms with Crippen LogP contribution in [0.25, 0.3) is 0 Å². The van der Waals surface area contributed by atoms with Gasteiger partial charge in [-0.05, 0) is 48.7 Å². The zero-order chi connectivity index (χ0) is 17.7. The molecule has 2 aromatic rings. The molecule has 24 heavy (non-hydrogen) atoms. The highest BCUT2D eigenvalue weighted by molar-refractivity contribution is 7.89. The molecule has 0 heterocycles. The third-order valence-electron chi connectivity index (χ3n) is 3.35. The third-order valence-corrected chi connectivity index (χ3v) is 5.15. The summed E-state index contributed by atoms with van der Waals surface area (Å²) in [4.78, 5) is 11.9. The average Bonchev–Trinajstić information content (AvgIpc) is 2.54. The van der Waals surface area contributed by atoms with Crippen molar-refractivity contribution in [3.8, 4) is 0 Å². The first-order valence-corrected chi connectivity index (χ1v) is 9.11. The van der Waals surface area contributed by atoms with E-state index in [2.05, 4.69) is 4.72 Å². The molecule has 0 bridgehead atoms. The van der Waals surface area contributed by atoms with Gasteiger partial charge >= 0.3 is 5.97 Å². The Balaban J connectivity index is 1.93. The predicted molar refractivity (Wildman–Crippen MR) is 92.4 cm³/mol. The lowest BCUT2D eigenvalue weighted by Crippen LogP contribution is -2.31. The van der Waals surface area contributed by atoms with E-state index in [1.165, 1.54) is 0 Å². The summed E-state index contributed by atoms with van der Waals surface area (Å²) in [5, 5.41) is 0.589. The zero-order valence-corrected chi connectivity index (χ0v) is 14.9. The van der Waals surface area contributed by atoms with Crippen LogP contribution in [-0.4, -0.2) is 20.9 Å². The minimum absolute atomic E-state index is 0.0567. The van der Waals surface area contributed by atoms with Crippen molar-refractivity contribution in [2.45, 2.75) is 25.3 Å². The Bertz CT molecular complexity index is 832. The topological polar surface area (TPSA) is 72.5 Å². The van der Waals surface area contributed by atoms with Crippen LogP contribution in [0.2, 0.25) is 5.02 Å². The number of nitrogens with one attached hydrogen (secondary N) is 1. The first-order valence-electron chi connectivity index (χ1n) is 7.25. The second kappa shape index (κ2) is 7.79. The van der Waals surface area contributed by atoms with Crippen LogP contribution in [0.1, 0.15) is 16.7 Å². The number of ether oxygens (including phenoxy) is 1. The van der Waals surface area contributed by atoms with Gasteiger partial charge in [-0.3, -0.25) is 4.79 Å². The van der Waals surface area contributed by atoms with Gasteiger partial charge in [-0.15, -0.1) is 0 Å². The van der Waals surface area contributed by atoms with Crippen LogP contribution in [0.5, 0.6) is 0 Å². The lowest BCUT2D eigenvalue weighted by Gasteiger charge is -2.10. The molecule has 2 aromatic carbocycles. The molecular formula is C17H18ClNO4S. The summed E-state index contributed by atoms with van der Waals surface area (Å²) in [6, 6.07) is 12.0. The molecule has 7 heteroatoms. The van der Waals surface area contributed by atoms with Crippen LogP contribution < -0.4 is 4.72 Å². The van der Waals surface area contributed by atoms with Gasteiger partial charge in [0.15, 0.2) is 0 Å². The van der Waals surface area contributed by atoms with Gasteiger partial charge in [0.2, 0.25) is 10.0 Å².